The lowest BCUT2D eigenvalue weighted by atomic mass is 9.73. The van der Waals surface area contributed by atoms with E-state index < -0.39 is 0 Å². The standard InChI is InChI=1S/C29H39N9O2S/c1-17-5-9-37(10-6-17)20-7-11-38(12-8-20)21(39)13-19-16-41-28(32-19)34-26(40)25-22-24(35-36-25)23-18(14-29(22,2)3)15-31-27(30-4)33-23/h15-17,20H,5-14H2,1-4H3,(H,35,36)(H,30,31,33)(H,32,34,40). The van der Waals surface area contributed by atoms with Gasteiger partial charge in [-0.05, 0) is 62.1 Å². The molecule has 0 radical (unpaired) electrons. The second-order valence-electron chi connectivity index (χ2n) is 12.3. The Morgan fingerprint density at radius 1 is 1.10 bits per heavy atom. The van der Waals surface area contributed by atoms with Gasteiger partial charge in [-0.2, -0.15) is 5.10 Å². The van der Waals surface area contributed by atoms with Gasteiger partial charge in [0.05, 0.1) is 17.8 Å². The Kier molecular flexibility index (Phi) is 7.54. The molecule has 0 aromatic carbocycles. The molecule has 0 atom stereocenters. The molecule has 0 saturated carbocycles. The quantitative estimate of drug-likeness (QED) is 0.404. The van der Waals surface area contributed by atoms with Crippen molar-refractivity contribution in [2.45, 2.75) is 70.8 Å². The summed E-state index contributed by atoms with van der Waals surface area (Å²) >= 11 is 1.33. The number of aromatic nitrogens is 5. The van der Waals surface area contributed by atoms with Crippen LogP contribution < -0.4 is 10.6 Å². The van der Waals surface area contributed by atoms with Gasteiger partial charge in [-0.1, -0.05) is 20.8 Å². The molecule has 12 heteroatoms. The van der Waals surface area contributed by atoms with E-state index in [1.807, 2.05) is 16.5 Å². The van der Waals surface area contributed by atoms with Gasteiger partial charge in [0.15, 0.2) is 5.13 Å². The largest absolute Gasteiger partial charge is 0.357 e. The highest BCUT2D eigenvalue weighted by atomic mass is 32.1. The summed E-state index contributed by atoms with van der Waals surface area (Å²) < 4.78 is 0. The highest BCUT2D eigenvalue weighted by Crippen LogP contribution is 2.43. The number of rotatable bonds is 6. The van der Waals surface area contributed by atoms with E-state index in [9.17, 15) is 9.59 Å². The summed E-state index contributed by atoms with van der Waals surface area (Å²) in [6.07, 6.45) is 7.40. The number of piperidine rings is 2. The first-order chi connectivity index (χ1) is 19.7. The fourth-order valence-electron chi connectivity index (χ4n) is 6.51. The Morgan fingerprint density at radius 2 is 1.85 bits per heavy atom. The molecule has 3 N–H and O–H groups in total. The van der Waals surface area contributed by atoms with Gasteiger partial charge in [0, 0.05) is 43.3 Å². The Labute approximate surface area is 244 Å². The fraction of sp³-hybridized carbons (Fsp3) is 0.586. The van der Waals surface area contributed by atoms with Crippen molar-refractivity contribution < 1.29 is 9.59 Å². The number of nitrogens with zero attached hydrogens (tertiary/aromatic N) is 6. The summed E-state index contributed by atoms with van der Waals surface area (Å²) in [5.74, 6) is 1.13. The minimum absolute atomic E-state index is 0.102. The van der Waals surface area contributed by atoms with Gasteiger partial charge in [-0.3, -0.25) is 20.0 Å². The van der Waals surface area contributed by atoms with Crippen molar-refractivity contribution in [3.8, 4) is 11.4 Å². The SMILES string of the molecule is CNc1ncc2c(n1)-c1n[nH]c(C(=O)Nc3nc(CC(=O)N4CCC(N5CCC(C)CC5)CC4)cs3)c1C(C)(C)C2. The van der Waals surface area contributed by atoms with Crippen LogP contribution in [0, 0.1) is 5.92 Å². The Morgan fingerprint density at radius 3 is 2.59 bits per heavy atom. The molecule has 2 fully saturated rings. The van der Waals surface area contributed by atoms with Gasteiger partial charge < -0.3 is 15.1 Å². The lowest BCUT2D eigenvalue weighted by molar-refractivity contribution is -0.132. The lowest BCUT2D eigenvalue weighted by Crippen LogP contribution is -2.49. The van der Waals surface area contributed by atoms with E-state index in [2.05, 4.69) is 61.5 Å². The van der Waals surface area contributed by atoms with Crippen LogP contribution in [0.1, 0.15) is 73.8 Å². The third-order valence-corrected chi connectivity index (χ3v) is 9.68. The Bertz CT molecular complexity index is 1430. The maximum atomic E-state index is 13.4. The molecule has 41 heavy (non-hydrogen) atoms. The van der Waals surface area contributed by atoms with Gasteiger partial charge in [-0.25, -0.2) is 15.0 Å². The van der Waals surface area contributed by atoms with Crippen molar-refractivity contribution in [2.24, 2.45) is 5.92 Å². The molecule has 5 heterocycles. The molecule has 3 aromatic rings. The predicted molar refractivity (Wildman–Crippen MR) is 159 cm³/mol. The van der Waals surface area contributed by atoms with Crippen molar-refractivity contribution in [1.29, 1.82) is 0 Å². The first kappa shape index (κ1) is 27.8. The zero-order valence-corrected chi connectivity index (χ0v) is 25.1. The van der Waals surface area contributed by atoms with Crippen LogP contribution >= 0.6 is 11.3 Å². The number of anilines is 2. The minimum atomic E-state index is -0.340. The average molecular weight is 578 g/mol. The summed E-state index contributed by atoms with van der Waals surface area (Å²) in [7, 11) is 1.77. The summed E-state index contributed by atoms with van der Waals surface area (Å²) in [5.41, 5.74) is 3.98. The smallest absolute Gasteiger partial charge is 0.275 e. The number of nitrogens with one attached hydrogen (secondary N) is 3. The van der Waals surface area contributed by atoms with Crippen molar-refractivity contribution in [2.75, 3.05) is 43.9 Å². The van der Waals surface area contributed by atoms with E-state index in [4.69, 9.17) is 0 Å². The number of H-pyrrole nitrogens is 1. The molecular formula is C29H39N9O2S. The van der Waals surface area contributed by atoms with Crippen LogP contribution in [0.3, 0.4) is 0 Å². The number of carbonyl (C=O) groups excluding carboxylic acids is 2. The van der Waals surface area contributed by atoms with Crippen LogP contribution in [0.4, 0.5) is 11.1 Å². The summed E-state index contributed by atoms with van der Waals surface area (Å²) in [4.78, 5) is 44.6. The highest BCUT2D eigenvalue weighted by Gasteiger charge is 2.39. The minimum Gasteiger partial charge on any atom is -0.357 e. The van der Waals surface area contributed by atoms with Crippen LogP contribution in [0.25, 0.3) is 11.4 Å². The Hall–Kier alpha value is -3.38. The van der Waals surface area contributed by atoms with Gasteiger partial charge in [0.25, 0.3) is 5.91 Å². The summed E-state index contributed by atoms with van der Waals surface area (Å²) in [6, 6.07) is 0.595. The molecule has 3 aliphatic rings. The third kappa shape index (κ3) is 5.59. The van der Waals surface area contributed by atoms with Crippen LogP contribution in [0.2, 0.25) is 0 Å². The molecule has 0 spiro atoms. The highest BCUT2D eigenvalue weighted by molar-refractivity contribution is 7.14. The van der Waals surface area contributed by atoms with E-state index in [1.54, 1.807) is 7.05 Å². The van der Waals surface area contributed by atoms with Crippen molar-refractivity contribution >= 4 is 34.2 Å². The normalized spacial score (nSPS) is 19.5. The maximum Gasteiger partial charge on any atom is 0.275 e. The maximum absolute atomic E-state index is 13.4. The monoisotopic (exact) mass is 577 g/mol. The van der Waals surface area contributed by atoms with Crippen LogP contribution in [0.5, 0.6) is 0 Å². The molecule has 11 nitrogen and oxygen atoms in total. The Balaban J connectivity index is 1.08. The number of hydrogen-bond acceptors (Lipinski definition) is 9. The van der Waals surface area contributed by atoms with E-state index >= 15 is 0 Å². The zero-order valence-electron chi connectivity index (χ0n) is 24.3. The molecule has 2 amide bonds. The third-order valence-electron chi connectivity index (χ3n) is 8.87. The first-order valence-corrected chi connectivity index (χ1v) is 15.5. The number of likely N-dealkylation sites (tertiary alicyclic amines) is 2. The zero-order chi connectivity index (χ0) is 28.7. The van der Waals surface area contributed by atoms with Crippen molar-refractivity contribution in [3.63, 3.8) is 0 Å². The van der Waals surface area contributed by atoms with E-state index in [0.717, 1.165) is 48.7 Å². The second-order valence-corrected chi connectivity index (χ2v) is 13.2. The van der Waals surface area contributed by atoms with E-state index in [1.165, 1.54) is 37.3 Å². The number of amides is 2. The van der Waals surface area contributed by atoms with Gasteiger partial charge in [0.2, 0.25) is 11.9 Å². The number of aromatic amines is 1. The van der Waals surface area contributed by atoms with Crippen molar-refractivity contribution in [3.05, 3.63) is 34.1 Å². The molecule has 1 aliphatic carbocycles. The average Bonchev–Trinajstić information content (AvgIpc) is 3.61. The topological polar surface area (TPSA) is 132 Å². The van der Waals surface area contributed by atoms with Gasteiger partial charge in [-0.15, -0.1) is 11.3 Å². The summed E-state index contributed by atoms with van der Waals surface area (Å²) in [5, 5.41) is 15.7. The van der Waals surface area contributed by atoms with Crippen molar-refractivity contribution in [1.82, 2.24) is 34.9 Å². The number of hydrogen-bond donors (Lipinski definition) is 3. The molecular weight excluding hydrogens is 538 g/mol. The molecule has 2 saturated heterocycles. The number of fused-ring (bicyclic) bond motifs is 3. The second kappa shape index (κ2) is 11.1. The van der Waals surface area contributed by atoms with Crippen LogP contribution in [-0.4, -0.2) is 86.0 Å². The lowest BCUT2D eigenvalue weighted by Gasteiger charge is -2.41. The number of thiazole rings is 1. The van der Waals surface area contributed by atoms with Crippen LogP contribution in [0.15, 0.2) is 11.6 Å². The molecule has 3 aromatic heterocycles. The van der Waals surface area contributed by atoms with Gasteiger partial charge in [0.1, 0.15) is 11.4 Å². The summed E-state index contributed by atoms with van der Waals surface area (Å²) in [6.45, 7) is 10.5. The molecule has 2 aliphatic heterocycles. The van der Waals surface area contributed by atoms with E-state index in [0.29, 0.717) is 40.6 Å². The molecule has 0 unspecified atom stereocenters. The van der Waals surface area contributed by atoms with Crippen LogP contribution in [-0.2, 0) is 23.1 Å². The van der Waals surface area contributed by atoms with Gasteiger partial charge >= 0.3 is 0 Å². The fourth-order valence-corrected chi connectivity index (χ4v) is 7.21. The molecule has 0 bridgehead atoms. The molecule has 6 rings (SSSR count). The first-order valence-electron chi connectivity index (χ1n) is 14.6. The number of carbonyl (C=O) groups is 2. The molecule has 218 valence electrons. The van der Waals surface area contributed by atoms with E-state index in [-0.39, 0.29) is 23.7 Å². The predicted octanol–water partition coefficient (Wildman–Crippen LogP) is 3.72.